The van der Waals surface area contributed by atoms with Crippen LogP contribution in [0.2, 0.25) is 0 Å². The Morgan fingerprint density at radius 1 is 0.935 bits per heavy atom. The van der Waals surface area contributed by atoms with Crippen molar-refractivity contribution in [2.75, 3.05) is 16.7 Å². The minimum Gasteiger partial charge on any atom is -0.755 e. The van der Waals surface area contributed by atoms with Crippen LogP contribution < -0.4 is 9.62 Å². The number of anilines is 2. The first-order valence-electron chi connectivity index (χ1n) is 14.3. The van der Waals surface area contributed by atoms with E-state index in [-0.39, 0.29) is 17.4 Å². The number of nitrogens with zero attached hydrogens (tertiary/aromatic N) is 2. The number of non-ortho nitro benzene ring substituents is 1. The van der Waals surface area contributed by atoms with Crippen LogP contribution in [0.15, 0.2) is 95.4 Å². The van der Waals surface area contributed by atoms with Gasteiger partial charge in [-0.25, -0.2) is 4.79 Å². The van der Waals surface area contributed by atoms with Crippen molar-refractivity contribution in [2.45, 2.75) is 26.8 Å². The summed E-state index contributed by atoms with van der Waals surface area (Å²) in [5.74, 6) is -1.31. The maximum Gasteiger partial charge on any atom is 0.329 e. The van der Waals surface area contributed by atoms with E-state index in [1.807, 2.05) is 18.2 Å². The van der Waals surface area contributed by atoms with Crippen molar-refractivity contribution in [2.24, 2.45) is 5.92 Å². The zero-order valence-electron chi connectivity index (χ0n) is 25.4. The molecule has 1 N–H and O–H groups in total. The van der Waals surface area contributed by atoms with Gasteiger partial charge in [0.1, 0.15) is 11.6 Å². The van der Waals surface area contributed by atoms with Crippen LogP contribution in [0.5, 0.6) is 0 Å². The van der Waals surface area contributed by atoms with Gasteiger partial charge in [0.2, 0.25) is 0 Å². The molecule has 11 nitrogen and oxygen atoms in total. The lowest BCUT2D eigenvalue weighted by atomic mass is 9.98. The second-order valence-corrected chi connectivity index (χ2v) is 11.7. The summed E-state index contributed by atoms with van der Waals surface area (Å²) in [5, 5.41) is 14.9. The third-order valence-corrected chi connectivity index (χ3v) is 8.37. The Morgan fingerprint density at radius 3 is 2.15 bits per heavy atom. The average Bonchev–Trinajstić information content (AvgIpc) is 3.40. The number of ether oxygens (including phenoxy) is 1. The van der Waals surface area contributed by atoms with Gasteiger partial charge in [-0.15, -0.1) is 0 Å². The van der Waals surface area contributed by atoms with Crippen LogP contribution in [0, 0.1) is 23.0 Å². The molecule has 0 aliphatic rings. The molecular formula is C34H30N3O8S-. The quantitative estimate of drug-likeness (QED) is 0.0738. The van der Waals surface area contributed by atoms with Gasteiger partial charge in [-0.1, -0.05) is 62.4 Å². The van der Waals surface area contributed by atoms with Gasteiger partial charge in [-0.2, -0.15) is 0 Å². The van der Waals surface area contributed by atoms with E-state index in [1.54, 1.807) is 81.4 Å². The Morgan fingerprint density at radius 2 is 1.57 bits per heavy atom. The standard InChI is InChI=1S/C34H31N3O8S/c1-20(2)31(34(39)44-4)36(46(42)43)26-17-13-23(14-18-26)22-11-15-25(16-12-22)35-33(38)32-21(3)30-28(9-6-10-29(30)45-32)24-7-5-8-27(19-24)37(40)41/h5-20,31H,1-4H3,(H,35,38)(H,42,43)/p-1. The van der Waals surface area contributed by atoms with E-state index < -0.39 is 34.1 Å². The number of nitro groups is 1. The molecule has 1 aromatic heterocycles. The number of hydrogen-bond acceptors (Lipinski definition) is 8. The molecular weight excluding hydrogens is 610 g/mol. The van der Waals surface area contributed by atoms with Gasteiger partial charge >= 0.3 is 5.97 Å². The van der Waals surface area contributed by atoms with E-state index in [4.69, 9.17) is 9.15 Å². The smallest absolute Gasteiger partial charge is 0.329 e. The van der Waals surface area contributed by atoms with Crippen LogP contribution in [0.3, 0.4) is 0 Å². The number of fused-ring (bicyclic) bond motifs is 1. The van der Waals surface area contributed by atoms with E-state index in [0.717, 1.165) is 15.4 Å². The van der Waals surface area contributed by atoms with Gasteiger partial charge < -0.3 is 19.0 Å². The summed E-state index contributed by atoms with van der Waals surface area (Å²) in [4.78, 5) is 36.5. The van der Waals surface area contributed by atoms with Crippen LogP contribution >= 0.6 is 0 Å². The fraction of sp³-hybridized carbons (Fsp3) is 0.176. The number of aryl methyl sites for hydroxylation is 1. The molecule has 12 heteroatoms. The van der Waals surface area contributed by atoms with Gasteiger partial charge in [-0.3, -0.25) is 23.4 Å². The summed E-state index contributed by atoms with van der Waals surface area (Å²) in [5.41, 5.74) is 4.85. The number of benzene rings is 4. The Balaban J connectivity index is 1.35. The maximum atomic E-state index is 13.3. The van der Waals surface area contributed by atoms with Crippen LogP contribution in [0.1, 0.15) is 30.0 Å². The SMILES string of the molecule is COC(=O)C(C(C)C)N(c1ccc(-c2ccc(NC(=O)c3oc4cccc(-c5cccc([N+](=O)[O-])c5)c4c3C)cc2)cc1)S(=O)[O-]. The van der Waals surface area contributed by atoms with Crippen molar-refractivity contribution in [3.05, 3.63) is 112 Å². The molecule has 0 aliphatic carbocycles. The number of rotatable bonds is 10. The molecule has 46 heavy (non-hydrogen) atoms. The molecule has 0 spiro atoms. The highest BCUT2D eigenvalue weighted by atomic mass is 32.2. The number of carbonyl (C=O) groups excluding carboxylic acids is 2. The van der Waals surface area contributed by atoms with Gasteiger partial charge in [0, 0.05) is 45.7 Å². The van der Waals surface area contributed by atoms with Gasteiger partial charge in [0.05, 0.1) is 12.0 Å². The number of methoxy groups -OCH3 is 1. The molecule has 4 aromatic carbocycles. The first-order valence-corrected chi connectivity index (χ1v) is 15.3. The number of nitro benzene ring substituents is 1. The molecule has 0 saturated heterocycles. The highest BCUT2D eigenvalue weighted by Gasteiger charge is 2.31. The molecule has 2 atom stereocenters. The largest absolute Gasteiger partial charge is 0.755 e. The van der Waals surface area contributed by atoms with Crippen molar-refractivity contribution in [1.82, 2.24) is 0 Å². The van der Waals surface area contributed by atoms with E-state index in [1.165, 1.54) is 19.2 Å². The summed E-state index contributed by atoms with van der Waals surface area (Å²) >= 11 is -2.71. The van der Waals surface area contributed by atoms with Crippen molar-refractivity contribution in [1.29, 1.82) is 0 Å². The van der Waals surface area contributed by atoms with E-state index in [0.29, 0.717) is 39.0 Å². The summed E-state index contributed by atoms with van der Waals surface area (Å²) in [6.07, 6.45) is 0. The molecule has 1 heterocycles. The van der Waals surface area contributed by atoms with Crippen molar-refractivity contribution in [3.8, 4) is 22.3 Å². The third-order valence-electron chi connectivity index (χ3n) is 7.61. The predicted octanol–water partition coefficient (Wildman–Crippen LogP) is 7.03. The molecule has 1 amide bonds. The normalized spacial score (nSPS) is 12.5. The number of carbonyl (C=O) groups is 2. The molecule has 236 valence electrons. The lowest BCUT2D eigenvalue weighted by molar-refractivity contribution is -0.384. The van der Waals surface area contributed by atoms with Crippen LogP contribution in [0.25, 0.3) is 33.2 Å². The van der Waals surface area contributed by atoms with E-state index in [9.17, 15) is 28.5 Å². The van der Waals surface area contributed by atoms with Gasteiger partial charge in [0.25, 0.3) is 11.6 Å². The topological polar surface area (TPSA) is 155 Å². The number of hydrogen-bond donors (Lipinski definition) is 1. The summed E-state index contributed by atoms with van der Waals surface area (Å²) in [6, 6.07) is 24.4. The Kier molecular flexibility index (Phi) is 9.31. The summed E-state index contributed by atoms with van der Waals surface area (Å²) in [7, 11) is 1.22. The van der Waals surface area contributed by atoms with E-state index in [2.05, 4.69) is 5.32 Å². The molecule has 2 unspecified atom stereocenters. The zero-order chi connectivity index (χ0) is 33.1. The Bertz CT molecular complexity index is 1950. The van der Waals surface area contributed by atoms with Crippen LogP contribution in [-0.4, -0.2) is 38.7 Å². The Hall–Kier alpha value is -5.33. The molecule has 5 rings (SSSR count). The third kappa shape index (κ3) is 6.39. The second-order valence-electron chi connectivity index (χ2n) is 10.9. The van der Waals surface area contributed by atoms with Crippen LogP contribution in [-0.2, 0) is 20.8 Å². The Labute approximate surface area is 267 Å². The monoisotopic (exact) mass is 640 g/mol. The predicted molar refractivity (Wildman–Crippen MR) is 175 cm³/mol. The van der Waals surface area contributed by atoms with Gasteiger partial charge in [-0.05, 0) is 65.4 Å². The molecule has 0 saturated carbocycles. The summed E-state index contributed by atoms with van der Waals surface area (Å²) in [6.45, 7) is 5.25. The minimum atomic E-state index is -2.71. The second kappa shape index (κ2) is 13.3. The van der Waals surface area contributed by atoms with Crippen molar-refractivity contribution >= 4 is 51.2 Å². The lowest BCUT2D eigenvalue weighted by Crippen LogP contribution is -2.46. The number of esters is 1. The molecule has 0 fully saturated rings. The van der Waals surface area contributed by atoms with Crippen LogP contribution in [0.4, 0.5) is 17.1 Å². The first-order chi connectivity index (χ1) is 22.0. The minimum absolute atomic E-state index is 0.0350. The fourth-order valence-electron chi connectivity index (χ4n) is 5.38. The lowest BCUT2D eigenvalue weighted by Gasteiger charge is -2.35. The molecule has 0 radical (unpaired) electrons. The van der Waals surface area contributed by atoms with Gasteiger partial charge in [0.15, 0.2) is 5.76 Å². The number of nitrogens with one attached hydrogen (secondary N) is 1. The first kappa shape index (κ1) is 32.1. The zero-order valence-corrected chi connectivity index (χ0v) is 26.2. The van der Waals surface area contributed by atoms with Crippen molar-refractivity contribution in [3.63, 3.8) is 0 Å². The number of amides is 1. The summed E-state index contributed by atoms with van der Waals surface area (Å²) < 4.78 is 36.0. The maximum absolute atomic E-state index is 13.3. The molecule has 5 aromatic rings. The fourth-order valence-corrected chi connectivity index (χ4v) is 6.19. The number of furan rings is 1. The highest BCUT2D eigenvalue weighted by molar-refractivity contribution is 7.80. The van der Waals surface area contributed by atoms with E-state index >= 15 is 0 Å². The molecule has 0 bridgehead atoms. The molecule has 0 aliphatic heterocycles. The highest BCUT2D eigenvalue weighted by Crippen LogP contribution is 2.36. The average molecular weight is 641 g/mol. The van der Waals surface area contributed by atoms with Crippen molar-refractivity contribution < 1.29 is 32.4 Å².